The van der Waals surface area contributed by atoms with E-state index in [-0.39, 0.29) is 6.04 Å². The Hall–Kier alpha value is -1.12. The van der Waals surface area contributed by atoms with Crippen molar-refractivity contribution in [3.05, 3.63) is 29.1 Å². The lowest BCUT2D eigenvalue weighted by molar-refractivity contribution is 0.460. The Labute approximate surface area is 59.0 Å². The summed E-state index contributed by atoms with van der Waals surface area (Å²) < 4.78 is 4.98. The first-order valence-corrected chi connectivity index (χ1v) is 3.24. The molecule has 0 radical (unpaired) electrons. The molecular weight excluding hydrogens is 130 g/mol. The van der Waals surface area contributed by atoms with Gasteiger partial charge in [-0.1, -0.05) is 12.1 Å². The standard InChI is InChI=1S/C7H9NO2/c1-2-6(8-9)7-4-3-5-10-7/h3-6H,2H2,1H3. The van der Waals surface area contributed by atoms with Crippen LogP contribution in [0.2, 0.25) is 0 Å². The first-order chi connectivity index (χ1) is 4.88. The van der Waals surface area contributed by atoms with Gasteiger partial charge in [-0.3, -0.25) is 0 Å². The van der Waals surface area contributed by atoms with Crippen molar-refractivity contribution >= 4 is 0 Å². The summed E-state index contributed by atoms with van der Waals surface area (Å²) in [5.41, 5.74) is 0. The summed E-state index contributed by atoms with van der Waals surface area (Å²) in [6.45, 7) is 1.90. The van der Waals surface area contributed by atoms with Crippen molar-refractivity contribution in [3.63, 3.8) is 0 Å². The zero-order valence-electron chi connectivity index (χ0n) is 5.78. The van der Waals surface area contributed by atoms with Gasteiger partial charge in [0.05, 0.1) is 6.26 Å². The molecule has 0 fully saturated rings. The lowest BCUT2D eigenvalue weighted by atomic mass is 10.2. The molecule has 0 aromatic carbocycles. The van der Waals surface area contributed by atoms with Crippen molar-refractivity contribution in [2.75, 3.05) is 0 Å². The minimum Gasteiger partial charge on any atom is -0.467 e. The van der Waals surface area contributed by atoms with E-state index in [0.29, 0.717) is 12.2 Å². The molecule has 0 bridgehead atoms. The topological polar surface area (TPSA) is 42.6 Å². The van der Waals surface area contributed by atoms with Crippen LogP contribution in [0.1, 0.15) is 25.1 Å². The Morgan fingerprint density at radius 2 is 2.60 bits per heavy atom. The van der Waals surface area contributed by atoms with Gasteiger partial charge in [0.15, 0.2) is 0 Å². The highest BCUT2D eigenvalue weighted by atomic mass is 16.3. The van der Waals surface area contributed by atoms with E-state index in [2.05, 4.69) is 5.18 Å². The van der Waals surface area contributed by atoms with Crippen molar-refractivity contribution in [3.8, 4) is 0 Å². The van der Waals surface area contributed by atoms with Gasteiger partial charge in [-0.25, -0.2) is 0 Å². The average Bonchev–Trinajstić information content (AvgIpc) is 2.43. The van der Waals surface area contributed by atoms with Crippen molar-refractivity contribution < 1.29 is 4.42 Å². The van der Waals surface area contributed by atoms with Gasteiger partial charge in [-0.15, -0.1) is 0 Å². The Balaban J connectivity index is 2.73. The fourth-order valence-corrected chi connectivity index (χ4v) is 0.809. The molecular formula is C7H9NO2. The summed E-state index contributed by atoms with van der Waals surface area (Å²) in [7, 11) is 0. The molecule has 0 N–H and O–H groups in total. The normalized spacial score (nSPS) is 12.9. The molecule has 0 aliphatic heterocycles. The van der Waals surface area contributed by atoms with E-state index in [1.807, 2.05) is 6.92 Å². The van der Waals surface area contributed by atoms with Crippen LogP contribution in [0.4, 0.5) is 0 Å². The van der Waals surface area contributed by atoms with Crippen LogP contribution >= 0.6 is 0 Å². The van der Waals surface area contributed by atoms with Crippen LogP contribution in [-0.2, 0) is 0 Å². The Morgan fingerprint density at radius 1 is 1.80 bits per heavy atom. The molecule has 10 heavy (non-hydrogen) atoms. The first kappa shape index (κ1) is 6.99. The van der Waals surface area contributed by atoms with Crippen molar-refractivity contribution in [2.24, 2.45) is 5.18 Å². The number of nitrogens with zero attached hydrogens (tertiary/aromatic N) is 1. The van der Waals surface area contributed by atoms with Crippen LogP contribution in [-0.4, -0.2) is 0 Å². The lowest BCUT2D eigenvalue weighted by Crippen LogP contribution is -1.88. The zero-order chi connectivity index (χ0) is 7.40. The number of furan rings is 1. The summed E-state index contributed by atoms with van der Waals surface area (Å²) in [6.07, 6.45) is 2.24. The van der Waals surface area contributed by atoms with Gasteiger partial charge < -0.3 is 4.42 Å². The average molecular weight is 139 g/mol. The zero-order valence-corrected chi connectivity index (χ0v) is 5.78. The lowest BCUT2D eigenvalue weighted by Gasteiger charge is -1.98. The molecule has 54 valence electrons. The molecule has 1 atom stereocenters. The number of nitroso groups, excluding NO2 is 1. The molecule has 0 saturated heterocycles. The molecule has 3 nitrogen and oxygen atoms in total. The van der Waals surface area contributed by atoms with Crippen molar-refractivity contribution in [2.45, 2.75) is 19.4 Å². The third kappa shape index (κ3) is 1.23. The van der Waals surface area contributed by atoms with Crippen LogP contribution in [0, 0.1) is 4.91 Å². The fourth-order valence-electron chi connectivity index (χ4n) is 0.809. The SMILES string of the molecule is CCC(N=O)c1ccco1. The first-order valence-electron chi connectivity index (χ1n) is 3.24. The molecule has 1 rings (SSSR count). The molecule has 1 heterocycles. The highest BCUT2D eigenvalue weighted by Gasteiger charge is 2.10. The number of rotatable bonds is 3. The van der Waals surface area contributed by atoms with Gasteiger partial charge in [-0.05, 0) is 18.6 Å². The smallest absolute Gasteiger partial charge is 0.149 e. The third-order valence-corrected chi connectivity index (χ3v) is 1.39. The van der Waals surface area contributed by atoms with Crippen LogP contribution < -0.4 is 0 Å². The molecule has 0 spiro atoms. The van der Waals surface area contributed by atoms with Gasteiger partial charge in [0.2, 0.25) is 0 Å². The predicted octanol–water partition coefficient (Wildman–Crippen LogP) is 2.50. The van der Waals surface area contributed by atoms with Crippen molar-refractivity contribution in [1.82, 2.24) is 0 Å². The Morgan fingerprint density at radius 3 is 3.00 bits per heavy atom. The maximum Gasteiger partial charge on any atom is 0.149 e. The second kappa shape index (κ2) is 3.15. The van der Waals surface area contributed by atoms with Crippen LogP contribution in [0.5, 0.6) is 0 Å². The number of hydrogen-bond acceptors (Lipinski definition) is 3. The third-order valence-electron chi connectivity index (χ3n) is 1.39. The second-order valence-corrected chi connectivity index (χ2v) is 2.04. The molecule has 1 unspecified atom stereocenters. The van der Waals surface area contributed by atoms with E-state index in [1.165, 1.54) is 0 Å². The second-order valence-electron chi connectivity index (χ2n) is 2.04. The highest BCUT2D eigenvalue weighted by molar-refractivity contribution is 5.03. The monoisotopic (exact) mass is 139 g/mol. The molecule has 0 amide bonds. The van der Waals surface area contributed by atoms with Gasteiger partial charge in [0.25, 0.3) is 0 Å². The van der Waals surface area contributed by atoms with E-state index in [9.17, 15) is 4.91 Å². The molecule has 0 aliphatic carbocycles. The minimum atomic E-state index is -0.310. The molecule has 1 aromatic rings. The molecule has 0 aliphatic rings. The van der Waals surface area contributed by atoms with Gasteiger partial charge in [-0.2, -0.15) is 4.91 Å². The summed E-state index contributed by atoms with van der Waals surface area (Å²) in [5, 5.41) is 2.91. The van der Waals surface area contributed by atoms with Crippen LogP contribution in [0.25, 0.3) is 0 Å². The van der Waals surface area contributed by atoms with E-state index < -0.39 is 0 Å². The van der Waals surface area contributed by atoms with E-state index in [0.717, 1.165) is 0 Å². The quantitative estimate of drug-likeness (QED) is 0.604. The van der Waals surface area contributed by atoms with E-state index in [4.69, 9.17) is 4.42 Å². The Bertz CT molecular complexity index is 193. The minimum absolute atomic E-state index is 0.310. The number of hydrogen-bond donors (Lipinski definition) is 0. The van der Waals surface area contributed by atoms with Gasteiger partial charge in [0, 0.05) is 0 Å². The summed E-state index contributed by atoms with van der Waals surface area (Å²) >= 11 is 0. The summed E-state index contributed by atoms with van der Waals surface area (Å²) in [4.78, 5) is 10.1. The largest absolute Gasteiger partial charge is 0.467 e. The fraction of sp³-hybridized carbons (Fsp3) is 0.429. The predicted molar refractivity (Wildman–Crippen MR) is 37.5 cm³/mol. The van der Waals surface area contributed by atoms with E-state index >= 15 is 0 Å². The van der Waals surface area contributed by atoms with Gasteiger partial charge >= 0.3 is 0 Å². The van der Waals surface area contributed by atoms with Crippen LogP contribution in [0.3, 0.4) is 0 Å². The summed E-state index contributed by atoms with van der Waals surface area (Å²) in [6, 6.07) is 3.20. The van der Waals surface area contributed by atoms with E-state index in [1.54, 1.807) is 18.4 Å². The maximum atomic E-state index is 10.1. The van der Waals surface area contributed by atoms with Crippen molar-refractivity contribution in [1.29, 1.82) is 0 Å². The summed E-state index contributed by atoms with van der Waals surface area (Å²) in [5.74, 6) is 0.650. The molecule has 1 aromatic heterocycles. The van der Waals surface area contributed by atoms with Crippen LogP contribution in [0.15, 0.2) is 28.0 Å². The molecule has 3 heteroatoms. The highest BCUT2D eigenvalue weighted by Crippen LogP contribution is 2.19. The maximum absolute atomic E-state index is 10.1. The van der Waals surface area contributed by atoms with Gasteiger partial charge in [0.1, 0.15) is 11.8 Å². The Kier molecular flexibility index (Phi) is 2.20. The molecule has 0 saturated carbocycles.